The lowest BCUT2D eigenvalue weighted by Gasteiger charge is -2.17. The topological polar surface area (TPSA) is 58.6 Å². The number of benzene rings is 1. The molecule has 4 heteroatoms. The van der Waals surface area contributed by atoms with E-state index in [0.29, 0.717) is 6.42 Å². The summed E-state index contributed by atoms with van der Waals surface area (Å²) in [7, 11) is 0. The van der Waals surface area contributed by atoms with E-state index < -0.39 is 0 Å². The molecule has 0 aliphatic rings. The molecule has 1 aromatic carbocycles. The number of carbonyl (C=O) groups is 1. The first kappa shape index (κ1) is 15.5. The summed E-state index contributed by atoms with van der Waals surface area (Å²) < 4.78 is 5.17. The maximum Gasteiger partial charge on any atom is 0.407 e. The van der Waals surface area contributed by atoms with E-state index in [1.54, 1.807) is 0 Å². The molecule has 0 radical (unpaired) electrons. The molecule has 0 aliphatic carbocycles. The van der Waals surface area contributed by atoms with Gasteiger partial charge in [-0.25, -0.2) is 4.79 Å². The fourth-order valence-corrected chi connectivity index (χ4v) is 1.91. The third-order valence-electron chi connectivity index (χ3n) is 2.88. The normalized spacial score (nSPS) is 11.9. The summed E-state index contributed by atoms with van der Waals surface area (Å²) in [6.07, 6.45) is 2.99. The highest BCUT2D eigenvalue weighted by molar-refractivity contribution is 5.67. The molecule has 0 aromatic heterocycles. The number of aliphatic hydroxyl groups excluding tert-OH is 1. The van der Waals surface area contributed by atoms with E-state index in [-0.39, 0.29) is 25.3 Å². The maximum absolute atomic E-state index is 11.7. The van der Waals surface area contributed by atoms with E-state index in [4.69, 9.17) is 9.84 Å². The van der Waals surface area contributed by atoms with Gasteiger partial charge in [-0.2, -0.15) is 0 Å². The van der Waals surface area contributed by atoms with Crippen molar-refractivity contribution in [3.05, 3.63) is 35.9 Å². The van der Waals surface area contributed by atoms with E-state index in [1.807, 2.05) is 30.3 Å². The molecule has 0 bridgehead atoms. The molecule has 19 heavy (non-hydrogen) atoms. The summed E-state index contributed by atoms with van der Waals surface area (Å²) in [4.78, 5) is 11.7. The van der Waals surface area contributed by atoms with E-state index in [1.165, 1.54) is 0 Å². The van der Waals surface area contributed by atoms with Crippen LogP contribution in [0.1, 0.15) is 38.2 Å². The molecule has 0 saturated heterocycles. The molecular weight excluding hydrogens is 242 g/mol. The average molecular weight is 265 g/mol. The molecule has 4 nitrogen and oxygen atoms in total. The fraction of sp³-hybridized carbons (Fsp3) is 0.533. The quantitative estimate of drug-likeness (QED) is 0.760. The van der Waals surface area contributed by atoms with Crippen molar-refractivity contribution >= 4 is 6.09 Å². The van der Waals surface area contributed by atoms with Crippen LogP contribution in [0.5, 0.6) is 0 Å². The SMILES string of the molecule is CCC[C@H](CCCO)NC(=O)OCc1ccccc1. The zero-order valence-corrected chi connectivity index (χ0v) is 11.5. The van der Waals surface area contributed by atoms with E-state index in [9.17, 15) is 4.79 Å². The van der Waals surface area contributed by atoms with Gasteiger partial charge in [0.15, 0.2) is 0 Å². The third kappa shape index (κ3) is 6.82. The summed E-state index contributed by atoms with van der Waals surface area (Å²) >= 11 is 0. The summed E-state index contributed by atoms with van der Waals surface area (Å²) in [6.45, 7) is 2.51. The molecule has 0 fully saturated rings. The molecule has 1 rings (SSSR count). The first-order valence-electron chi connectivity index (χ1n) is 6.84. The highest BCUT2D eigenvalue weighted by Gasteiger charge is 2.11. The Bertz CT molecular complexity index is 354. The van der Waals surface area contributed by atoms with Crippen molar-refractivity contribution in [3.8, 4) is 0 Å². The molecule has 2 N–H and O–H groups in total. The molecular formula is C15H23NO3. The minimum Gasteiger partial charge on any atom is -0.445 e. The van der Waals surface area contributed by atoms with Gasteiger partial charge in [-0.15, -0.1) is 0 Å². The van der Waals surface area contributed by atoms with E-state index in [0.717, 1.165) is 24.8 Å². The Labute approximate surface area is 114 Å². The fourth-order valence-electron chi connectivity index (χ4n) is 1.91. The predicted molar refractivity (Wildman–Crippen MR) is 74.8 cm³/mol. The molecule has 0 unspecified atom stereocenters. The molecule has 1 amide bonds. The maximum atomic E-state index is 11.7. The standard InChI is InChI=1S/C15H23NO3/c1-2-7-14(10-6-11-17)16-15(18)19-12-13-8-4-3-5-9-13/h3-5,8-9,14,17H,2,6-7,10-12H2,1H3,(H,16,18)/t14-/m1/s1. The number of rotatable bonds is 8. The highest BCUT2D eigenvalue weighted by Crippen LogP contribution is 2.06. The lowest BCUT2D eigenvalue weighted by atomic mass is 10.1. The van der Waals surface area contributed by atoms with Gasteiger partial charge >= 0.3 is 6.09 Å². The molecule has 0 aliphatic heterocycles. The predicted octanol–water partition coefficient (Wildman–Crippen LogP) is 2.85. The van der Waals surface area contributed by atoms with Gasteiger partial charge < -0.3 is 15.2 Å². The molecule has 0 saturated carbocycles. The van der Waals surface area contributed by atoms with Crippen LogP contribution in [0.4, 0.5) is 4.79 Å². The smallest absolute Gasteiger partial charge is 0.407 e. The molecule has 1 atom stereocenters. The number of alkyl carbamates (subject to hydrolysis) is 1. The largest absolute Gasteiger partial charge is 0.445 e. The van der Waals surface area contributed by atoms with Gasteiger partial charge in [-0.3, -0.25) is 0 Å². The van der Waals surface area contributed by atoms with Gasteiger partial charge in [0, 0.05) is 12.6 Å². The number of amides is 1. The zero-order chi connectivity index (χ0) is 13.9. The number of ether oxygens (including phenoxy) is 1. The van der Waals surface area contributed by atoms with Crippen LogP contribution < -0.4 is 5.32 Å². The Balaban J connectivity index is 2.31. The zero-order valence-electron chi connectivity index (χ0n) is 11.5. The van der Waals surface area contributed by atoms with Crippen molar-refractivity contribution in [1.29, 1.82) is 0 Å². The van der Waals surface area contributed by atoms with Crippen LogP contribution in [0.2, 0.25) is 0 Å². The summed E-state index contributed by atoms with van der Waals surface area (Å²) in [5, 5.41) is 11.7. The Hall–Kier alpha value is -1.55. The van der Waals surface area contributed by atoms with Gasteiger partial charge in [0.1, 0.15) is 6.61 Å². The monoisotopic (exact) mass is 265 g/mol. The van der Waals surface area contributed by atoms with Crippen molar-refractivity contribution < 1.29 is 14.6 Å². The molecule has 0 heterocycles. The number of hydrogen-bond donors (Lipinski definition) is 2. The van der Waals surface area contributed by atoms with Gasteiger partial charge in [-0.1, -0.05) is 43.7 Å². The van der Waals surface area contributed by atoms with Gasteiger partial charge in [0.05, 0.1) is 0 Å². The average Bonchev–Trinajstić information content (AvgIpc) is 2.44. The van der Waals surface area contributed by atoms with Crippen LogP contribution in [0.15, 0.2) is 30.3 Å². The second kappa shape index (κ2) is 9.39. The number of nitrogens with one attached hydrogen (secondary N) is 1. The number of hydrogen-bond acceptors (Lipinski definition) is 3. The molecule has 106 valence electrons. The minimum absolute atomic E-state index is 0.0837. The highest BCUT2D eigenvalue weighted by atomic mass is 16.5. The van der Waals surface area contributed by atoms with Crippen LogP contribution in [0.3, 0.4) is 0 Å². The Morgan fingerprint density at radius 2 is 2.05 bits per heavy atom. The molecule has 1 aromatic rings. The second-order valence-electron chi connectivity index (χ2n) is 4.56. The van der Waals surface area contributed by atoms with Crippen LogP contribution in [-0.4, -0.2) is 23.8 Å². The van der Waals surface area contributed by atoms with Crippen LogP contribution in [0.25, 0.3) is 0 Å². The lowest BCUT2D eigenvalue weighted by molar-refractivity contribution is 0.133. The first-order chi connectivity index (χ1) is 9.26. The Kier molecular flexibility index (Phi) is 7.66. The van der Waals surface area contributed by atoms with E-state index in [2.05, 4.69) is 12.2 Å². The minimum atomic E-state index is -0.389. The lowest BCUT2D eigenvalue weighted by Crippen LogP contribution is -2.35. The summed E-state index contributed by atoms with van der Waals surface area (Å²) in [5.41, 5.74) is 0.972. The van der Waals surface area contributed by atoms with E-state index >= 15 is 0 Å². The third-order valence-corrected chi connectivity index (χ3v) is 2.88. The Morgan fingerprint density at radius 1 is 1.32 bits per heavy atom. The molecule has 0 spiro atoms. The van der Waals surface area contributed by atoms with Crippen LogP contribution >= 0.6 is 0 Å². The van der Waals surface area contributed by atoms with Gasteiger partial charge in [0.2, 0.25) is 0 Å². The second-order valence-corrected chi connectivity index (χ2v) is 4.56. The number of aliphatic hydroxyl groups is 1. The van der Waals surface area contributed by atoms with Crippen molar-refractivity contribution in [3.63, 3.8) is 0 Å². The van der Waals surface area contributed by atoms with Crippen molar-refractivity contribution in [1.82, 2.24) is 5.32 Å². The number of carbonyl (C=O) groups excluding carboxylic acids is 1. The van der Waals surface area contributed by atoms with Crippen molar-refractivity contribution in [2.45, 2.75) is 45.3 Å². The van der Waals surface area contributed by atoms with Crippen LogP contribution in [0, 0.1) is 0 Å². The Morgan fingerprint density at radius 3 is 2.68 bits per heavy atom. The van der Waals surface area contributed by atoms with Crippen molar-refractivity contribution in [2.75, 3.05) is 6.61 Å². The summed E-state index contributed by atoms with van der Waals surface area (Å²) in [6, 6.07) is 9.68. The van der Waals surface area contributed by atoms with Gasteiger partial charge in [0.25, 0.3) is 0 Å². The van der Waals surface area contributed by atoms with Crippen LogP contribution in [-0.2, 0) is 11.3 Å². The van der Waals surface area contributed by atoms with Gasteiger partial charge in [-0.05, 0) is 24.8 Å². The summed E-state index contributed by atoms with van der Waals surface area (Å²) in [5.74, 6) is 0. The van der Waals surface area contributed by atoms with Crippen molar-refractivity contribution in [2.24, 2.45) is 0 Å². The first-order valence-corrected chi connectivity index (χ1v) is 6.84.